The number of para-hydroxylation sites is 1. The topological polar surface area (TPSA) is 74.8 Å². The molecule has 1 atom stereocenters. The first-order valence-electron chi connectivity index (χ1n) is 14.0. The second-order valence-electron chi connectivity index (χ2n) is 9.80. The van der Waals surface area contributed by atoms with Crippen LogP contribution in [0.5, 0.6) is 5.75 Å². The van der Waals surface area contributed by atoms with E-state index in [0.29, 0.717) is 12.1 Å². The molecule has 0 saturated heterocycles. The summed E-state index contributed by atoms with van der Waals surface area (Å²) in [7, 11) is 1.61. The molecule has 0 bridgehead atoms. The van der Waals surface area contributed by atoms with Crippen LogP contribution in [0.1, 0.15) is 70.2 Å². The number of nitrogens with zero attached hydrogens (tertiary/aromatic N) is 1. The van der Waals surface area contributed by atoms with Gasteiger partial charge in [-0.1, -0.05) is 94.1 Å². The maximum absolute atomic E-state index is 12.4. The fourth-order valence-corrected chi connectivity index (χ4v) is 4.26. The molecule has 0 saturated carbocycles. The van der Waals surface area contributed by atoms with Crippen LogP contribution in [0.4, 0.5) is 11.4 Å². The zero-order valence-corrected chi connectivity index (χ0v) is 24.2. The Kier molecular flexibility index (Phi) is 12.0. The van der Waals surface area contributed by atoms with E-state index in [2.05, 4.69) is 48.5 Å². The zero-order valence-electron chi connectivity index (χ0n) is 24.2. The number of unbranched alkanes of at least 4 members (excludes halogenated alkanes) is 3. The van der Waals surface area contributed by atoms with E-state index in [1.54, 1.807) is 37.5 Å². The van der Waals surface area contributed by atoms with Gasteiger partial charge in [-0.05, 0) is 48.9 Å². The first kappa shape index (κ1) is 30.2. The van der Waals surface area contributed by atoms with E-state index < -0.39 is 0 Å². The van der Waals surface area contributed by atoms with Gasteiger partial charge in [-0.15, -0.1) is 0 Å². The number of carbonyl (C=O) groups is 1. The highest BCUT2D eigenvalue weighted by Gasteiger charge is 2.21. The van der Waals surface area contributed by atoms with Crippen molar-refractivity contribution < 1.29 is 9.53 Å². The summed E-state index contributed by atoms with van der Waals surface area (Å²) < 4.78 is 5.14. The Hall–Kier alpha value is -4.32. The van der Waals surface area contributed by atoms with E-state index in [1.807, 2.05) is 49.4 Å². The van der Waals surface area contributed by atoms with Gasteiger partial charge in [0.1, 0.15) is 17.8 Å². The Bertz CT molecular complexity index is 1290. The van der Waals surface area contributed by atoms with Crippen molar-refractivity contribution in [1.82, 2.24) is 5.32 Å². The molecule has 0 radical (unpaired) electrons. The Labute approximate surface area is 239 Å². The van der Waals surface area contributed by atoms with Gasteiger partial charge in [-0.25, -0.2) is 4.99 Å². The zero-order chi connectivity index (χ0) is 28.7. The number of hydrogen-bond donors (Lipinski definition) is 3. The number of fused-ring (bicyclic) bond motifs is 1. The first-order valence-corrected chi connectivity index (χ1v) is 14.0. The third-order valence-corrected chi connectivity index (χ3v) is 6.33. The number of carbonyl (C=O) groups excluding carboxylic acids is 1. The molecule has 3 aromatic rings. The van der Waals surface area contributed by atoms with Crippen molar-refractivity contribution in [3.05, 3.63) is 114 Å². The number of hydrogen-bond acceptors (Lipinski definition) is 5. The lowest BCUT2D eigenvalue weighted by molar-refractivity contribution is -0.112. The second kappa shape index (κ2) is 15.9. The SMILES string of the molecule is C=C(C/C(C)=C\C(=O)Nc1ccc(OC)cc1)NC1=NC(c2ccccc2)Nc2ccccc21.CCCCCC. The van der Waals surface area contributed by atoms with E-state index in [9.17, 15) is 4.79 Å². The van der Waals surface area contributed by atoms with E-state index in [-0.39, 0.29) is 12.1 Å². The molecule has 1 aliphatic heterocycles. The predicted molar refractivity (Wildman–Crippen MR) is 168 cm³/mol. The summed E-state index contributed by atoms with van der Waals surface area (Å²) in [6, 6.07) is 25.4. The van der Waals surface area contributed by atoms with Crippen LogP contribution < -0.4 is 20.7 Å². The van der Waals surface area contributed by atoms with E-state index in [4.69, 9.17) is 9.73 Å². The van der Waals surface area contributed by atoms with Gasteiger partial charge in [0, 0.05) is 35.1 Å². The highest BCUT2D eigenvalue weighted by molar-refractivity contribution is 6.05. The number of nitrogens with one attached hydrogen (secondary N) is 3. The standard InChI is InChI=1S/C28H28N4O2.C6H14/c1-19(18-26(33)30-22-13-15-23(34-3)16-14-22)17-20(2)29-28-24-11-7-8-12-25(24)31-27(32-28)21-9-5-4-6-10-21;1-3-5-6-4-2/h4-16,18,27,31H,2,17H2,1,3H3,(H,29,32)(H,30,33);3-6H2,1-2H3/b19-18-;. The largest absolute Gasteiger partial charge is 0.497 e. The summed E-state index contributed by atoms with van der Waals surface area (Å²) in [6.07, 6.45) is 7.44. The number of aliphatic imine (C=N–C) groups is 1. The van der Waals surface area contributed by atoms with Gasteiger partial charge in [0.15, 0.2) is 0 Å². The average Bonchev–Trinajstić information content (AvgIpc) is 2.97. The summed E-state index contributed by atoms with van der Waals surface area (Å²) in [5.41, 5.74) is 5.41. The van der Waals surface area contributed by atoms with Gasteiger partial charge in [-0.3, -0.25) is 4.79 Å². The second-order valence-corrected chi connectivity index (χ2v) is 9.80. The molecule has 6 heteroatoms. The van der Waals surface area contributed by atoms with E-state index in [1.165, 1.54) is 25.7 Å². The smallest absolute Gasteiger partial charge is 0.248 e. The normalized spacial score (nSPS) is 13.9. The van der Waals surface area contributed by atoms with Crippen molar-refractivity contribution in [3.8, 4) is 5.75 Å². The fourth-order valence-electron chi connectivity index (χ4n) is 4.26. The number of allylic oxidation sites excluding steroid dienone is 1. The molecule has 1 amide bonds. The van der Waals surface area contributed by atoms with Crippen molar-refractivity contribution in [2.75, 3.05) is 17.7 Å². The predicted octanol–water partition coefficient (Wildman–Crippen LogP) is 8.23. The molecule has 3 aromatic carbocycles. The van der Waals surface area contributed by atoms with Crippen molar-refractivity contribution >= 4 is 23.1 Å². The number of anilines is 2. The van der Waals surface area contributed by atoms with Crippen molar-refractivity contribution in [3.63, 3.8) is 0 Å². The molecule has 0 aliphatic carbocycles. The van der Waals surface area contributed by atoms with Crippen molar-refractivity contribution in [2.24, 2.45) is 4.99 Å². The fraction of sp³-hybridized carbons (Fsp3) is 0.294. The summed E-state index contributed by atoms with van der Waals surface area (Å²) in [6.45, 7) is 10.5. The van der Waals surface area contributed by atoms with Crippen LogP contribution in [-0.2, 0) is 4.79 Å². The molecular weight excluding hydrogens is 496 g/mol. The van der Waals surface area contributed by atoms with Crippen LogP contribution in [0.15, 0.2) is 108 Å². The molecule has 1 heterocycles. The van der Waals surface area contributed by atoms with Crippen LogP contribution in [0.2, 0.25) is 0 Å². The number of amides is 1. The maximum atomic E-state index is 12.4. The third-order valence-electron chi connectivity index (χ3n) is 6.33. The lowest BCUT2D eigenvalue weighted by atomic mass is 10.1. The van der Waals surface area contributed by atoms with Gasteiger partial charge >= 0.3 is 0 Å². The maximum Gasteiger partial charge on any atom is 0.248 e. The third kappa shape index (κ3) is 9.45. The van der Waals surface area contributed by atoms with Gasteiger partial charge in [0.25, 0.3) is 0 Å². The van der Waals surface area contributed by atoms with Gasteiger partial charge in [-0.2, -0.15) is 0 Å². The molecule has 3 N–H and O–H groups in total. The lowest BCUT2D eigenvalue weighted by Gasteiger charge is -2.27. The van der Waals surface area contributed by atoms with Gasteiger partial charge in [0.05, 0.1) is 7.11 Å². The summed E-state index contributed by atoms with van der Waals surface area (Å²) >= 11 is 0. The van der Waals surface area contributed by atoms with Crippen LogP contribution in [0.25, 0.3) is 0 Å². The summed E-state index contributed by atoms with van der Waals surface area (Å²) in [5, 5.41) is 9.72. The van der Waals surface area contributed by atoms with Crippen molar-refractivity contribution in [1.29, 1.82) is 0 Å². The Balaban J connectivity index is 0.000000663. The first-order chi connectivity index (χ1) is 19.4. The Morgan fingerprint density at radius 2 is 1.60 bits per heavy atom. The number of benzene rings is 3. The molecule has 0 fully saturated rings. The number of amidine groups is 1. The monoisotopic (exact) mass is 538 g/mol. The minimum Gasteiger partial charge on any atom is -0.497 e. The Morgan fingerprint density at radius 1 is 0.950 bits per heavy atom. The Morgan fingerprint density at radius 3 is 2.25 bits per heavy atom. The molecule has 4 rings (SSSR count). The number of ether oxygens (including phenoxy) is 1. The molecule has 40 heavy (non-hydrogen) atoms. The molecule has 0 aromatic heterocycles. The molecule has 0 spiro atoms. The number of rotatable bonds is 10. The van der Waals surface area contributed by atoms with Crippen LogP contribution in [0.3, 0.4) is 0 Å². The summed E-state index contributed by atoms with van der Waals surface area (Å²) in [5.74, 6) is 1.30. The highest BCUT2D eigenvalue weighted by Crippen LogP contribution is 2.29. The van der Waals surface area contributed by atoms with Crippen LogP contribution in [-0.4, -0.2) is 18.9 Å². The molecule has 210 valence electrons. The van der Waals surface area contributed by atoms with Crippen LogP contribution in [0, 0.1) is 0 Å². The van der Waals surface area contributed by atoms with E-state index in [0.717, 1.165) is 39.7 Å². The minimum absolute atomic E-state index is 0.191. The van der Waals surface area contributed by atoms with E-state index >= 15 is 0 Å². The highest BCUT2D eigenvalue weighted by atomic mass is 16.5. The van der Waals surface area contributed by atoms with Crippen LogP contribution >= 0.6 is 0 Å². The summed E-state index contributed by atoms with van der Waals surface area (Å²) in [4.78, 5) is 17.3. The molecule has 6 nitrogen and oxygen atoms in total. The minimum atomic E-state index is -0.196. The average molecular weight is 539 g/mol. The van der Waals surface area contributed by atoms with Gasteiger partial charge < -0.3 is 20.7 Å². The molecule has 1 unspecified atom stereocenters. The number of methoxy groups -OCH3 is 1. The molecular formula is C34H42N4O2. The molecule has 1 aliphatic rings. The van der Waals surface area contributed by atoms with Gasteiger partial charge in [0.2, 0.25) is 5.91 Å². The lowest BCUT2D eigenvalue weighted by Crippen LogP contribution is -2.30. The quantitative estimate of drug-likeness (QED) is 0.180. The van der Waals surface area contributed by atoms with Crippen molar-refractivity contribution in [2.45, 2.75) is 59.0 Å².